The molecule has 0 radical (unpaired) electrons. The minimum Gasteiger partial charge on any atom is -0.497 e. The third-order valence-corrected chi connectivity index (χ3v) is 6.66. The third kappa shape index (κ3) is 4.88. The Labute approximate surface area is 176 Å². The topological polar surface area (TPSA) is 81.4 Å². The van der Waals surface area contributed by atoms with E-state index in [2.05, 4.69) is 26.1 Å². The van der Waals surface area contributed by atoms with E-state index < -0.39 is 5.91 Å². The van der Waals surface area contributed by atoms with E-state index in [1.54, 1.807) is 13.2 Å². The molecule has 1 heterocycles. The number of primary amides is 1. The van der Waals surface area contributed by atoms with Crippen LogP contribution >= 0.6 is 11.3 Å². The SMILES string of the molecule is COc1cccc(/C=C/C(=O)Nc2sc3c(c2C(N)=O)CCC(C(C)(C)C)C3)c1. The number of benzene rings is 1. The molecule has 29 heavy (non-hydrogen) atoms. The van der Waals surface area contributed by atoms with Crippen LogP contribution in [0.15, 0.2) is 30.3 Å². The van der Waals surface area contributed by atoms with Crippen molar-refractivity contribution in [3.05, 3.63) is 51.9 Å². The highest BCUT2D eigenvalue weighted by molar-refractivity contribution is 7.17. The standard InChI is InChI=1S/C23H28N2O3S/c1-23(2,3)15-9-10-17-18(13-15)29-22(20(17)21(24)27)25-19(26)11-8-14-6-5-7-16(12-14)28-4/h5-8,11-12,15H,9-10,13H2,1-4H3,(H2,24,27)(H,25,26)/b11-8+. The van der Waals surface area contributed by atoms with Crippen molar-refractivity contribution in [3.8, 4) is 5.75 Å². The highest BCUT2D eigenvalue weighted by Gasteiger charge is 2.33. The van der Waals surface area contributed by atoms with Crippen molar-refractivity contribution in [2.45, 2.75) is 40.0 Å². The molecule has 0 bridgehead atoms. The van der Waals surface area contributed by atoms with Crippen molar-refractivity contribution >= 4 is 34.2 Å². The van der Waals surface area contributed by atoms with Crippen molar-refractivity contribution < 1.29 is 14.3 Å². The van der Waals surface area contributed by atoms with Crippen molar-refractivity contribution in [1.82, 2.24) is 0 Å². The summed E-state index contributed by atoms with van der Waals surface area (Å²) in [5.74, 6) is 0.499. The highest BCUT2D eigenvalue weighted by atomic mass is 32.1. The summed E-state index contributed by atoms with van der Waals surface area (Å²) in [5, 5.41) is 3.42. The number of rotatable bonds is 5. The number of carbonyl (C=O) groups excluding carboxylic acids is 2. The summed E-state index contributed by atoms with van der Waals surface area (Å²) in [4.78, 5) is 25.8. The van der Waals surface area contributed by atoms with Gasteiger partial charge in [-0.3, -0.25) is 9.59 Å². The fraction of sp³-hybridized carbons (Fsp3) is 0.391. The Kier molecular flexibility index (Phi) is 6.13. The number of nitrogens with two attached hydrogens (primary N) is 1. The van der Waals surface area contributed by atoms with Crippen LogP contribution in [0.2, 0.25) is 0 Å². The molecule has 1 aromatic carbocycles. The summed E-state index contributed by atoms with van der Waals surface area (Å²) in [5.41, 5.74) is 8.20. The van der Waals surface area contributed by atoms with Crippen molar-refractivity contribution in [2.24, 2.45) is 17.1 Å². The fourth-order valence-corrected chi connectivity index (χ4v) is 5.08. The average molecular weight is 413 g/mol. The van der Waals surface area contributed by atoms with Crippen LogP contribution in [0, 0.1) is 11.3 Å². The van der Waals surface area contributed by atoms with Gasteiger partial charge >= 0.3 is 0 Å². The molecule has 0 saturated carbocycles. The van der Waals surface area contributed by atoms with Crippen LogP contribution in [0.3, 0.4) is 0 Å². The Hall–Kier alpha value is -2.60. The molecule has 1 aromatic heterocycles. The van der Waals surface area contributed by atoms with Gasteiger partial charge in [0.1, 0.15) is 10.8 Å². The van der Waals surface area contributed by atoms with Gasteiger partial charge in [0, 0.05) is 11.0 Å². The summed E-state index contributed by atoms with van der Waals surface area (Å²) in [7, 11) is 1.60. The molecule has 5 nitrogen and oxygen atoms in total. The lowest BCUT2D eigenvalue weighted by atomic mass is 9.72. The van der Waals surface area contributed by atoms with Gasteiger partial charge in [-0.05, 0) is 59.9 Å². The number of anilines is 1. The number of ether oxygens (including phenoxy) is 1. The highest BCUT2D eigenvalue weighted by Crippen LogP contribution is 2.44. The molecule has 0 aliphatic heterocycles. The van der Waals surface area contributed by atoms with E-state index in [1.807, 2.05) is 24.3 Å². The first-order chi connectivity index (χ1) is 13.7. The number of methoxy groups -OCH3 is 1. The Morgan fingerprint density at radius 3 is 2.72 bits per heavy atom. The second-order valence-corrected chi connectivity index (χ2v) is 9.58. The number of fused-ring (bicyclic) bond motifs is 1. The average Bonchev–Trinajstić information content (AvgIpc) is 3.03. The lowest BCUT2D eigenvalue weighted by Crippen LogP contribution is -2.27. The summed E-state index contributed by atoms with van der Waals surface area (Å²) in [6.45, 7) is 6.74. The molecule has 2 aromatic rings. The van der Waals surface area contributed by atoms with Crippen molar-refractivity contribution in [3.63, 3.8) is 0 Å². The summed E-state index contributed by atoms with van der Waals surface area (Å²) in [6, 6.07) is 7.44. The largest absolute Gasteiger partial charge is 0.497 e. The molecule has 3 N–H and O–H groups in total. The molecule has 3 rings (SSSR count). The molecular formula is C23H28N2O3S. The van der Waals surface area contributed by atoms with E-state index in [0.717, 1.165) is 41.0 Å². The van der Waals surface area contributed by atoms with Crippen molar-refractivity contribution in [2.75, 3.05) is 12.4 Å². The zero-order valence-corrected chi connectivity index (χ0v) is 18.2. The Morgan fingerprint density at radius 2 is 2.07 bits per heavy atom. The van der Waals surface area contributed by atoms with Crippen LogP contribution in [0.4, 0.5) is 5.00 Å². The number of hydrogen-bond acceptors (Lipinski definition) is 4. The van der Waals surface area contributed by atoms with Crippen molar-refractivity contribution in [1.29, 1.82) is 0 Å². The minimum atomic E-state index is -0.483. The molecule has 0 spiro atoms. The lowest BCUT2D eigenvalue weighted by molar-refractivity contribution is -0.111. The van der Waals surface area contributed by atoms with Gasteiger partial charge in [-0.2, -0.15) is 0 Å². The van der Waals surface area contributed by atoms with Crippen LogP contribution in [-0.4, -0.2) is 18.9 Å². The molecular weight excluding hydrogens is 384 g/mol. The summed E-state index contributed by atoms with van der Waals surface area (Å²) < 4.78 is 5.19. The monoisotopic (exact) mass is 412 g/mol. The van der Waals surface area contributed by atoms with Crippen LogP contribution in [0.1, 0.15) is 53.6 Å². The molecule has 0 fully saturated rings. The number of carbonyl (C=O) groups is 2. The maximum atomic E-state index is 12.5. The Balaban J connectivity index is 1.80. The van der Waals surface area contributed by atoms with Gasteiger partial charge < -0.3 is 15.8 Å². The van der Waals surface area contributed by atoms with Gasteiger partial charge in [0.05, 0.1) is 12.7 Å². The van der Waals surface area contributed by atoms with Gasteiger partial charge in [-0.25, -0.2) is 0 Å². The lowest BCUT2D eigenvalue weighted by Gasteiger charge is -2.33. The van der Waals surface area contributed by atoms with E-state index in [-0.39, 0.29) is 11.3 Å². The molecule has 6 heteroatoms. The first kappa shape index (κ1) is 21.1. The number of amides is 2. The predicted molar refractivity (Wildman–Crippen MR) is 118 cm³/mol. The first-order valence-corrected chi connectivity index (χ1v) is 10.6. The summed E-state index contributed by atoms with van der Waals surface area (Å²) >= 11 is 1.48. The van der Waals surface area contributed by atoms with Gasteiger partial charge in [0.2, 0.25) is 5.91 Å². The van der Waals surface area contributed by atoms with Crippen LogP contribution < -0.4 is 15.8 Å². The van der Waals surface area contributed by atoms with Crippen LogP contribution in [0.25, 0.3) is 6.08 Å². The molecule has 2 amide bonds. The maximum Gasteiger partial charge on any atom is 0.251 e. The van der Waals surface area contributed by atoms with Gasteiger partial charge in [0.25, 0.3) is 5.91 Å². The first-order valence-electron chi connectivity index (χ1n) is 9.76. The normalized spacial score (nSPS) is 16.5. The quantitative estimate of drug-likeness (QED) is 0.701. The molecule has 0 saturated heterocycles. The van der Waals surface area contributed by atoms with E-state index in [4.69, 9.17) is 10.5 Å². The van der Waals surface area contributed by atoms with E-state index >= 15 is 0 Å². The molecule has 154 valence electrons. The fourth-order valence-electron chi connectivity index (χ4n) is 3.74. The van der Waals surface area contributed by atoms with Crippen LogP contribution in [-0.2, 0) is 17.6 Å². The second kappa shape index (κ2) is 8.41. The van der Waals surface area contributed by atoms with Gasteiger partial charge in [-0.1, -0.05) is 32.9 Å². The molecule has 1 aliphatic rings. The number of thiophene rings is 1. The second-order valence-electron chi connectivity index (χ2n) is 8.48. The van der Waals surface area contributed by atoms with E-state index in [9.17, 15) is 9.59 Å². The van der Waals surface area contributed by atoms with Gasteiger partial charge in [-0.15, -0.1) is 11.3 Å². The zero-order chi connectivity index (χ0) is 21.2. The smallest absolute Gasteiger partial charge is 0.251 e. The van der Waals surface area contributed by atoms with Gasteiger partial charge in [0.15, 0.2) is 0 Å². The molecule has 1 unspecified atom stereocenters. The maximum absolute atomic E-state index is 12.5. The zero-order valence-electron chi connectivity index (χ0n) is 17.4. The van der Waals surface area contributed by atoms with Crippen LogP contribution in [0.5, 0.6) is 5.75 Å². The Bertz CT molecular complexity index is 954. The molecule has 1 atom stereocenters. The van der Waals surface area contributed by atoms with E-state index in [1.165, 1.54) is 17.4 Å². The van der Waals surface area contributed by atoms with E-state index in [0.29, 0.717) is 16.5 Å². The summed E-state index contributed by atoms with van der Waals surface area (Å²) in [6.07, 6.45) is 5.93. The predicted octanol–water partition coefficient (Wildman–Crippen LogP) is 4.66. The minimum absolute atomic E-state index is 0.206. The molecule has 1 aliphatic carbocycles. The number of nitrogens with one attached hydrogen (secondary N) is 1. The third-order valence-electron chi connectivity index (χ3n) is 5.49. The Morgan fingerprint density at radius 1 is 1.31 bits per heavy atom. The number of hydrogen-bond donors (Lipinski definition) is 2.